The highest BCUT2D eigenvalue weighted by molar-refractivity contribution is 8.14. The lowest BCUT2D eigenvalue weighted by molar-refractivity contribution is -0.318. The molecule has 1 aromatic rings. The van der Waals surface area contributed by atoms with Gasteiger partial charge in [0.15, 0.2) is 12.6 Å². The zero-order valence-electron chi connectivity index (χ0n) is 43.1. The average molecular weight is 1020 g/mol. The number of carboxylic acids is 1. The number of aliphatic hydroxyl groups excluding tert-OH is 3. The van der Waals surface area contributed by atoms with Gasteiger partial charge in [-0.05, 0) is 87.0 Å². The van der Waals surface area contributed by atoms with Crippen LogP contribution in [0.5, 0.6) is 5.75 Å². The predicted octanol–water partition coefficient (Wildman–Crippen LogP) is 2.64. The molecule has 0 aromatic heterocycles. The van der Waals surface area contributed by atoms with Gasteiger partial charge in [-0.15, -0.1) is 0 Å². The number of aromatic hydroxyl groups is 1. The number of phenols is 1. The summed E-state index contributed by atoms with van der Waals surface area (Å²) < 4.78 is 37.1. The number of cyclic esters (lactones) is 1. The maximum atomic E-state index is 14.1. The summed E-state index contributed by atoms with van der Waals surface area (Å²) in [4.78, 5) is 63.2. The summed E-state index contributed by atoms with van der Waals surface area (Å²) in [6.07, 6.45) is -9.71. The van der Waals surface area contributed by atoms with Crippen LogP contribution >= 0.6 is 11.8 Å². The highest BCUT2D eigenvalue weighted by Gasteiger charge is 2.53. The normalized spacial score (nSPS) is 39.4. The van der Waals surface area contributed by atoms with Gasteiger partial charge in [0.1, 0.15) is 41.5 Å². The molecule has 0 bridgehead atoms. The van der Waals surface area contributed by atoms with E-state index in [9.17, 15) is 54.6 Å². The number of phenolic OH excluding ortho intramolecular Hbond substituents is 1. The number of rotatable bonds is 12. The van der Waals surface area contributed by atoms with Crippen LogP contribution in [0.2, 0.25) is 0 Å². The Morgan fingerprint density at radius 1 is 0.929 bits per heavy atom. The number of aliphatic hydroxyl groups is 5. The molecule has 70 heavy (non-hydrogen) atoms. The summed E-state index contributed by atoms with van der Waals surface area (Å²) in [6.45, 7) is 17.5. The van der Waals surface area contributed by atoms with Crippen molar-refractivity contribution in [3.63, 3.8) is 0 Å². The van der Waals surface area contributed by atoms with E-state index in [0.717, 1.165) is 11.8 Å². The molecule has 0 spiro atoms. The first-order valence-electron chi connectivity index (χ1n) is 23.9. The number of benzene rings is 1. The minimum Gasteiger partial charge on any atom is -0.507 e. The quantitative estimate of drug-likeness (QED) is 0.140. The van der Waals surface area contributed by atoms with Crippen molar-refractivity contribution in [2.45, 2.75) is 192 Å². The van der Waals surface area contributed by atoms with Crippen molar-refractivity contribution >= 4 is 40.5 Å². The minimum absolute atomic E-state index is 0.0936. The monoisotopic (exact) mass is 1020 g/mol. The molecule has 0 aliphatic carbocycles. The molecular weight excluding hydrogens is 937 g/mol. The largest absolute Gasteiger partial charge is 0.507 e. The van der Waals surface area contributed by atoms with Gasteiger partial charge in [0.25, 0.3) is 0 Å². The Morgan fingerprint density at radius 2 is 1.54 bits per heavy atom. The number of ketones is 1. The van der Waals surface area contributed by atoms with E-state index in [1.807, 2.05) is 25.9 Å². The molecule has 3 fully saturated rings. The fourth-order valence-corrected chi connectivity index (χ4v) is 10.6. The molecule has 3 aliphatic rings. The van der Waals surface area contributed by atoms with Crippen molar-refractivity contribution < 1.29 is 88.1 Å². The highest BCUT2D eigenvalue weighted by Crippen LogP contribution is 2.41. The van der Waals surface area contributed by atoms with E-state index in [1.165, 1.54) is 46.9 Å². The van der Waals surface area contributed by atoms with Gasteiger partial charge < -0.3 is 74.4 Å². The summed E-state index contributed by atoms with van der Waals surface area (Å²) in [6, 6.07) is 4.52. The Morgan fingerprint density at radius 3 is 2.09 bits per heavy atom. The fourth-order valence-electron chi connectivity index (χ4n) is 9.71. The average Bonchev–Trinajstić information content (AvgIpc) is 3.28. The van der Waals surface area contributed by atoms with Crippen molar-refractivity contribution in [1.82, 2.24) is 10.2 Å². The maximum Gasteiger partial charge on any atom is 0.327 e. The summed E-state index contributed by atoms with van der Waals surface area (Å²) in [5.41, 5.74) is -4.73. The molecule has 0 radical (unpaired) electrons. The number of esters is 1. The number of hydrogen-bond acceptors (Lipinski definition) is 19. The number of aliphatic carboxylic acids is 1. The number of hydrogen-bond donors (Lipinski definition) is 8. The third kappa shape index (κ3) is 15.1. The number of carbonyl (C=O) groups excluding carboxylic acids is 4. The molecule has 3 heterocycles. The molecule has 1 amide bonds. The van der Waals surface area contributed by atoms with Gasteiger partial charge in [0.2, 0.25) is 11.0 Å². The number of Topliss-reactive ketones (excluding diaryl/α,β-unsaturated/α-hetero) is 1. The van der Waals surface area contributed by atoms with Gasteiger partial charge in [-0.2, -0.15) is 0 Å². The number of nitrogens with zero attached hydrogens (tertiary/aromatic N) is 1. The first-order valence-corrected chi connectivity index (χ1v) is 24.8. The first kappa shape index (κ1) is 61.0. The lowest BCUT2D eigenvalue weighted by atomic mass is 9.74. The number of ether oxygens (including phenoxy) is 6. The molecule has 0 saturated carbocycles. The van der Waals surface area contributed by atoms with Crippen molar-refractivity contribution in [2.75, 3.05) is 27.0 Å². The predicted molar refractivity (Wildman–Crippen MR) is 256 cm³/mol. The number of nitrogens with one attached hydrogen (secondary N) is 1. The van der Waals surface area contributed by atoms with Gasteiger partial charge in [-0.3, -0.25) is 19.2 Å². The lowest BCUT2D eigenvalue weighted by Crippen LogP contribution is -2.61. The molecule has 19 atom stereocenters. The van der Waals surface area contributed by atoms with Crippen LogP contribution in [0.15, 0.2) is 24.3 Å². The van der Waals surface area contributed by atoms with Crippen molar-refractivity contribution in [3.05, 3.63) is 29.8 Å². The van der Waals surface area contributed by atoms with E-state index in [4.69, 9.17) is 33.5 Å². The Labute approximate surface area is 416 Å². The van der Waals surface area contributed by atoms with Crippen LogP contribution in [-0.4, -0.2) is 187 Å². The third-order valence-electron chi connectivity index (χ3n) is 14.0. The van der Waals surface area contributed by atoms with Crippen molar-refractivity contribution in [3.8, 4) is 5.75 Å². The van der Waals surface area contributed by atoms with Gasteiger partial charge in [-0.25, -0.2) is 4.79 Å². The first-order chi connectivity index (χ1) is 32.3. The number of likely N-dealkylation sites (N-methyl/N-ethyl adjacent to an activating group) is 1. The van der Waals surface area contributed by atoms with Gasteiger partial charge in [-0.1, -0.05) is 51.6 Å². The smallest absolute Gasteiger partial charge is 0.327 e. The third-order valence-corrected chi connectivity index (χ3v) is 15.0. The standard InChI is InChI=1S/C37H67NO13.C12H13NO5S/c1-14-25-37(10,45)30(41)20(4)27(39)18(2)16-35(8,44)32(51-34-28(40)24(38(11)12)15-19(3)47-34)21(5)29(22(6)33(43)49-25)50-26-17-36(9,46-13)31(42)23(7)48-26;1-7(14)13-9(11(16)17)6-19-12(18)8-4-2-3-5-10(8)15/h18-26,28-32,34,40-42,44-45H,14-17H2,1-13H3;2-5,9,15H,6H2,1H3,(H,13,14)(H,16,17)/t18-,19-,20+,21+,22-,23+,24+,25-,26+,28-,29+,30-,31+,32-,34+,35-,36-,37-;9-/m10/s1. The van der Waals surface area contributed by atoms with Crippen molar-refractivity contribution in [1.29, 1.82) is 0 Å². The second-order valence-corrected chi connectivity index (χ2v) is 21.2. The molecule has 8 N–H and O–H groups in total. The van der Waals surface area contributed by atoms with E-state index in [1.54, 1.807) is 53.7 Å². The van der Waals surface area contributed by atoms with E-state index in [0.29, 0.717) is 6.42 Å². The number of carbonyl (C=O) groups is 5. The minimum atomic E-state index is -1.99. The van der Waals surface area contributed by atoms with E-state index < -0.39 is 131 Å². The molecule has 3 saturated heterocycles. The van der Waals surface area contributed by atoms with E-state index in [2.05, 4.69) is 5.32 Å². The zero-order chi connectivity index (χ0) is 53.4. The van der Waals surface area contributed by atoms with E-state index >= 15 is 0 Å². The van der Waals surface area contributed by atoms with Crippen LogP contribution in [0.25, 0.3) is 0 Å². The van der Waals surface area contributed by atoms with Crippen LogP contribution < -0.4 is 5.32 Å². The SMILES string of the molecule is CC(=O)N[C@@H](CSC(=O)c1ccccc1O)C(=O)O.CC[C@H]1OC(=O)[C@H](C)[C@@H](O[C@H]2C[C@@](C)(OC)[C@@H](O)[C@H](C)O2)[C@H](C)[C@@H](O[C@@H]2O[C@H](C)C[C@H](N(C)C)[C@H]2O)[C@](C)(O)C[C@@H](C)C(=O)[C@H](C)[C@@H](O)[C@]1(C)O. The second kappa shape index (κ2) is 25.6. The van der Waals surface area contributed by atoms with Gasteiger partial charge >= 0.3 is 11.9 Å². The summed E-state index contributed by atoms with van der Waals surface area (Å²) >= 11 is 0.728. The van der Waals surface area contributed by atoms with Crippen LogP contribution in [0.4, 0.5) is 0 Å². The Hall–Kier alpha value is -3.32. The highest BCUT2D eigenvalue weighted by atomic mass is 32.2. The molecule has 0 unspecified atom stereocenters. The molecule has 1 aromatic carbocycles. The van der Waals surface area contributed by atoms with E-state index in [-0.39, 0.29) is 48.5 Å². The molecular formula is C49H80N2O18S. The topological polar surface area (TPSA) is 298 Å². The zero-order valence-corrected chi connectivity index (χ0v) is 43.9. The molecule has 21 heteroatoms. The summed E-state index contributed by atoms with van der Waals surface area (Å²) in [5.74, 6) is -6.94. The van der Waals surface area contributed by atoms with Crippen LogP contribution in [0, 0.1) is 23.7 Å². The second-order valence-electron chi connectivity index (χ2n) is 20.2. The Balaban J connectivity index is 0.000000569. The maximum absolute atomic E-state index is 14.1. The van der Waals surface area contributed by atoms with Crippen LogP contribution in [0.1, 0.15) is 112 Å². The Kier molecular flexibility index (Phi) is 22.3. The fraction of sp³-hybridized carbons (Fsp3) is 0.776. The lowest BCUT2D eigenvalue weighted by Gasteiger charge is -2.49. The number of thioether (sulfide) groups is 1. The van der Waals surface area contributed by atoms with Crippen molar-refractivity contribution in [2.24, 2.45) is 23.7 Å². The summed E-state index contributed by atoms with van der Waals surface area (Å²) in [5, 5.41) is 77.7. The number of carboxylic acid groups (broad SMARTS) is 1. The van der Waals surface area contributed by atoms with Gasteiger partial charge in [0.05, 0.1) is 53.2 Å². The number of methoxy groups -OCH3 is 1. The summed E-state index contributed by atoms with van der Waals surface area (Å²) in [7, 11) is 5.18. The Bertz CT molecular complexity index is 1920. The molecule has 3 aliphatic heterocycles. The number of amides is 1. The molecule has 20 nitrogen and oxygen atoms in total. The molecule has 4 rings (SSSR count). The number of para-hydroxylation sites is 1. The molecule has 400 valence electrons. The van der Waals surface area contributed by atoms with Crippen LogP contribution in [0.3, 0.4) is 0 Å². The van der Waals surface area contributed by atoms with Crippen LogP contribution in [-0.2, 0) is 47.6 Å². The van der Waals surface area contributed by atoms with Gasteiger partial charge in [0, 0.05) is 50.0 Å².